The van der Waals surface area contributed by atoms with E-state index in [9.17, 15) is 9.59 Å². The first kappa shape index (κ1) is 17.7. The van der Waals surface area contributed by atoms with E-state index < -0.39 is 23.4 Å². The molecule has 0 radical (unpaired) electrons. The lowest BCUT2D eigenvalue weighted by atomic mass is 10.1. The van der Waals surface area contributed by atoms with Crippen molar-refractivity contribution in [3.05, 3.63) is 35.9 Å². The van der Waals surface area contributed by atoms with E-state index in [0.717, 1.165) is 5.56 Å². The molecule has 7 heteroatoms. The van der Waals surface area contributed by atoms with Crippen molar-refractivity contribution in [1.82, 2.24) is 5.32 Å². The molecule has 25 heavy (non-hydrogen) atoms. The molecule has 0 bridgehead atoms. The molecule has 1 amide bonds. The zero-order valence-electron chi connectivity index (χ0n) is 14.6. The summed E-state index contributed by atoms with van der Waals surface area (Å²) in [5.41, 5.74) is -0.247. The number of benzene rings is 1. The minimum absolute atomic E-state index is 0.130. The van der Waals surface area contributed by atoms with E-state index in [1.54, 1.807) is 0 Å². The van der Waals surface area contributed by atoms with Crippen LogP contribution in [-0.2, 0) is 30.3 Å². The SMILES string of the molecule is COC(=O)[C@@]1(NC(=O)OCc2ccccc2)C[C@@H]1[C@@H]1COC(C)(C)O1. The first-order valence-corrected chi connectivity index (χ1v) is 8.25. The molecule has 3 rings (SSSR count). The van der Waals surface area contributed by atoms with Gasteiger partial charge in [0.25, 0.3) is 0 Å². The van der Waals surface area contributed by atoms with Crippen LogP contribution in [-0.4, -0.2) is 43.2 Å². The minimum atomic E-state index is -1.11. The number of rotatable bonds is 5. The molecule has 7 nitrogen and oxygen atoms in total. The molecule has 1 aliphatic carbocycles. The molecule has 1 saturated carbocycles. The van der Waals surface area contributed by atoms with Gasteiger partial charge in [0.05, 0.1) is 19.8 Å². The average molecular weight is 349 g/mol. The number of methoxy groups -OCH3 is 1. The van der Waals surface area contributed by atoms with Crippen LogP contribution in [0.25, 0.3) is 0 Å². The van der Waals surface area contributed by atoms with Crippen molar-refractivity contribution in [2.75, 3.05) is 13.7 Å². The van der Waals surface area contributed by atoms with Gasteiger partial charge in [0.1, 0.15) is 12.1 Å². The molecule has 1 aromatic rings. The second kappa shape index (κ2) is 6.65. The third kappa shape index (κ3) is 3.77. The summed E-state index contributed by atoms with van der Waals surface area (Å²) in [6.45, 7) is 4.13. The van der Waals surface area contributed by atoms with Crippen LogP contribution in [0.2, 0.25) is 0 Å². The van der Waals surface area contributed by atoms with Crippen LogP contribution in [0.3, 0.4) is 0 Å². The molecular formula is C18H23NO6. The van der Waals surface area contributed by atoms with Gasteiger partial charge < -0.3 is 24.3 Å². The number of carbonyl (C=O) groups is 2. The van der Waals surface area contributed by atoms with Crippen LogP contribution in [0.4, 0.5) is 4.79 Å². The molecule has 0 aromatic heterocycles. The maximum Gasteiger partial charge on any atom is 0.408 e. The van der Waals surface area contributed by atoms with E-state index in [0.29, 0.717) is 13.0 Å². The normalized spacial score (nSPS) is 29.7. The number of alkyl carbamates (subject to hydrolysis) is 1. The highest BCUT2D eigenvalue weighted by Crippen LogP contribution is 2.50. The van der Waals surface area contributed by atoms with Gasteiger partial charge in [-0.25, -0.2) is 9.59 Å². The molecule has 1 N–H and O–H groups in total. The lowest BCUT2D eigenvalue weighted by Gasteiger charge is -2.20. The molecule has 136 valence electrons. The van der Waals surface area contributed by atoms with Crippen LogP contribution in [0.15, 0.2) is 30.3 Å². The van der Waals surface area contributed by atoms with E-state index in [1.807, 2.05) is 44.2 Å². The van der Waals surface area contributed by atoms with Crippen molar-refractivity contribution in [3.8, 4) is 0 Å². The van der Waals surface area contributed by atoms with Crippen molar-refractivity contribution in [1.29, 1.82) is 0 Å². The summed E-state index contributed by atoms with van der Waals surface area (Å²) in [4.78, 5) is 24.4. The molecule has 1 aromatic carbocycles. The Morgan fingerprint density at radius 3 is 2.60 bits per heavy atom. The molecule has 2 fully saturated rings. The Morgan fingerprint density at radius 1 is 1.28 bits per heavy atom. The third-order valence-electron chi connectivity index (χ3n) is 4.58. The maximum atomic E-state index is 12.2. The Bertz CT molecular complexity index is 646. The first-order chi connectivity index (χ1) is 11.9. The van der Waals surface area contributed by atoms with Crippen molar-refractivity contribution >= 4 is 12.1 Å². The Morgan fingerprint density at radius 2 is 2.00 bits per heavy atom. The molecular weight excluding hydrogens is 326 g/mol. The Balaban J connectivity index is 1.61. The van der Waals surface area contributed by atoms with Crippen LogP contribution < -0.4 is 5.32 Å². The second-order valence-electron chi connectivity index (χ2n) is 6.83. The highest BCUT2D eigenvalue weighted by Gasteiger charge is 2.67. The number of esters is 1. The zero-order valence-corrected chi connectivity index (χ0v) is 14.6. The summed E-state index contributed by atoms with van der Waals surface area (Å²) in [5.74, 6) is -1.39. The van der Waals surface area contributed by atoms with E-state index in [2.05, 4.69) is 5.32 Å². The largest absolute Gasteiger partial charge is 0.467 e. The van der Waals surface area contributed by atoms with Crippen molar-refractivity contribution in [3.63, 3.8) is 0 Å². The van der Waals surface area contributed by atoms with Crippen molar-refractivity contribution in [2.24, 2.45) is 5.92 Å². The Kier molecular flexibility index (Phi) is 4.71. The van der Waals surface area contributed by atoms with E-state index >= 15 is 0 Å². The maximum absolute atomic E-state index is 12.2. The highest BCUT2D eigenvalue weighted by molar-refractivity contribution is 5.89. The van der Waals surface area contributed by atoms with Crippen molar-refractivity contribution in [2.45, 2.75) is 44.3 Å². The fraction of sp³-hybridized carbons (Fsp3) is 0.556. The summed E-state index contributed by atoms with van der Waals surface area (Å²) < 4.78 is 21.5. The third-order valence-corrected chi connectivity index (χ3v) is 4.58. The Labute approximate surface area is 146 Å². The van der Waals surface area contributed by atoms with E-state index in [4.69, 9.17) is 18.9 Å². The van der Waals surface area contributed by atoms with Gasteiger partial charge in [-0.05, 0) is 25.8 Å². The van der Waals surface area contributed by atoms with Crippen molar-refractivity contribution < 1.29 is 28.5 Å². The summed E-state index contributed by atoms with van der Waals surface area (Å²) >= 11 is 0. The standard InChI is InChI=1S/C18H23NO6/c1-17(2)24-11-14(25-17)13-9-18(13,15(20)22-3)19-16(21)23-10-12-7-5-4-6-8-12/h4-8,13-14H,9-11H2,1-3H3,(H,19,21)/t13-,14+,18-/m1/s1. The van der Waals surface area contributed by atoms with E-state index in [1.165, 1.54) is 7.11 Å². The second-order valence-corrected chi connectivity index (χ2v) is 6.83. The minimum Gasteiger partial charge on any atom is -0.467 e. The topological polar surface area (TPSA) is 83.1 Å². The van der Waals surface area contributed by atoms with Crippen LogP contribution in [0.1, 0.15) is 25.8 Å². The fourth-order valence-corrected chi connectivity index (χ4v) is 3.20. The zero-order chi connectivity index (χ0) is 18.1. The quantitative estimate of drug-likeness (QED) is 0.819. The number of ether oxygens (including phenoxy) is 4. The van der Waals surface area contributed by atoms with Gasteiger partial charge in [-0.15, -0.1) is 0 Å². The van der Waals surface area contributed by atoms with Gasteiger partial charge in [0.15, 0.2) is 5.79 Å². The average Bonchev–Trinajstić information content (AvgIpc) is 3.20. The van der Waals surface area contributed by atoms with Gasteiger partial charge >= 0.3 is 12.1 Å². The molecule has 3 atom stereocenters. The summed E-state index contributed by atoms with van der Waals surface area (Å²) in [6.07, 6.45) is -0.497. The number of nitrogens with one attached hydrogen (secondary N) is 1. The van der Waals surface area contributed by atoms with Gasteiger partial charge in [-0.2, -0.15) is 0 Å². The molecule has 1 aliphatic heterocycles. The van der Waals surface area contributed by atoms with Crippen LogP contribution in [0, 0.1) is 5.92 Å². The summed E-state index contributed by atoms with van der Waals surface area (Å²) in [6, 6.07) is 9.32. The molecule has 0 unspecified atom stereocenters. The van der Waals surface area contributed by atoms with Gasteiger partial charge in [0, 0.05) is 5.92 Å². The number of amides is 1. The Hall–Kier alpha value is -2.12. The lowest BCUT2D eigenvalue weighted by Crippen LogP contribution is -2.47. The van der Waals surface area contributed by atoms with Gasteiger partial charge in [-0.3, -0.25) is 0 Å². The molecule has 2 aliphatic rings. The predicted octanol–water partition coefficient (Wildman–Crippen LogP) is 2.00. The molecule has 0 spiro atoms. The smallest absolute Gasteiger partial charge is 0.408 e. The monoisotopic (exact) mass is 349 g/mol. The number of carbonyl (C=O) groups excluding carboxylic acids is 2. The fourth-order valence-electron chi connectivity index (χ4n) is 3.20. The lowest BCUT2D eigenvalue weighted by molar-refractivity contribution is -0.149. The first-order valence-electron chi connectivity index (χ1n) is 8.25. The summed E-state index contributed by atoms with van der Waals surface area (Å²) in [5, 5.41) is 2.67. The van der Waals surface area contributed by atoms with Crippen LogP contribution in [0.5, 0.6) is 0 Å². The summed E-state index contributed by atoms with van der Waals surface area (Å²) in [7, 11) is 1.30. The predicted molar refractivity (Wildman–Crippen MR) is 87.5 cm³/mol. The van der Waals surface area contributed by atoms with E-state index in [-0.39, 0.29) is 18.6 Å². The van der Waals surface area contributed by atoms with Crippen LogP contribution >= 0.6 is 0 Å². The number of hydrogen-bond donors (Lipinski definition) is 1. The molecule has 1 heterocycles. The number of hydrogen-bond acceptors (Lipinski definition) is 6. The molecule has 1 saturated heterocycles. The van der Waals surface area contributed by atoms with Gasteiger partial charge in [0.2, 0.25) is 0 Å². The highest BCUT2D eigenvalue weighted by atomic mass is 16.7. The van der Waals surface area contributed by atoms with Gasteiger partial charge in [-0.1, -0.05) is 30.3 Å².